The van der Waals surface area contributed by atoms with Crippen LogP contribution < -0.4 is 0 Å². The van der Waals surface area contributed by atoms with Gasteiger partial charge in [0.2, 0.25) is 0 Å². The van der Waals surface area contributed by atoms with Crippen molar-refractivity contribution >= 4 is 43.6 Å². The summed E-state index contributed by atoms with van der Waals surface area (Å²) in [5.74, 6) is 8.43. The van der Waals surface area contributed by atoms with E-state index < -0.39 is 0 Å². The zero-order chi connectivity index (χ0) is 57.5. The molecule has 14 rings (SSSR count). The van der Waals surface area contributed by atoms with E-state index in [1.54, 1.807) is 0 Å². The van der Waals surface area contributed by atoms with Crippen molar-refractivity contribution in [2.24, 2.45) is 0 Å². The maximum atomic E-state index is 12.1. The van der Waals surface area contributed by atoms with Gasteiger partial charge in [0, 0.05) is 60.5 Å². The monoisotopic (exact) mass is 1090 g/mol. The van der Waals surface area contributed by atoms with Crippen LogP contribution in [0, 0.1) is 66.7 Å². The second-order valence-electron chi connectivity index (χ2n) is 20.7. The summed E-state index contributed by atoms with van der Waals surface area (Å²) in [6, 6.07) is 51.2. The molecule has 0 unspecified atom stereocenters. The molecule has 0 bridgehead atoms. The molecule has 0 aliphatic carbocycles. The van der Waals surface area contributed by atoms with Gasteiger partial charge in [-0.2, -0.15) is 5.26 Å². The Balaban J connectivity index is 1.11. The van der Waals surface area contributed by atoms with Crippen LogP contribution in [0.1, 0.15) is 52.2 Å². The van der Waals surface area contributed by atoms with Crippen LogP contribution in [-0.2, 0) is 0 Å². The van der Waals surface area contributed by atoms with Gasteiger partial charge in [-0.1, -0.05) is 60.7 Å². The number of benzene rings is 7. The van der Waals surface area contributed by atoms with Crippen LogP contribution in [0.3, 0.4) is 0 Å². The van der Waals surface area contributed by atoms with Gasteiger partial charge in [-0.25, -0.2) is 74.8 Å². The molecule has 0 spiro atoms. The van der Waals surface area contributed by atoms with Crippen molar-refractivity contribution in [3.8, 4) is 97.2 Å². The van der Waals surface area contributed by atoms with Crippen molar-refractivity contribution in [3.63, 3.8) is 0 Å². The standard InChI is InChI=1S/C66H48N18/c1-34-68-35(2)73-62(72-34)44-19-23-54-49(27-44)50-28-45(63-74-36(3)69-37(4)75-63)20-24-55(50)83(54)58-31-48(66-81-60(42-15-11-9-12-16-42)80-61(82-66)43-17-13-10-14-18-43)32-59(53(58)33-67)84-56-25-21-46(64-76-38(5)70-39(6)77-64)29-51(56)52-30-47(22-26-57(52)84)65-78-40(7)71-41(8)79-65/h9-32H,1-8H3. The maximum absolute atomic E-state index is 12.1. The minimum absolute atomic E-state index is 0.373. The molecular weight excluding hydrogens is 1040 g/mol. The number of aromatic nitrogens is 17. The van der Waals surface area contributed by atoms with Crippen molar-refractivity contribution in [2.75, 3.05) is 0 Å². The molecule has 0 amide bonds. The lowest BCUT2D eigenvalue weighted by atomic mass is 10.0. The molecule has 7 aromatic heterocycles. The van der Waals surface area contributed by atoms with Crippen molar-refractivity contribution in [1.29, 1.82) is 5.26 Å². The molecule has 0 N–H and O–H groups in total. The second-order valence-corrected chi connectivity index (χ2v) is 20.7. The highest BCUT2D eigenvalue weighted by Crippen LogP contribution is 2.43. The van der Waals surface area contributed by atoms with Crippen molar-refractivity contribution in [2.45, 2.75) is 55.4 Å². The van der Waals surface area contributed by atoms with Crippen molar-refractivity contribution in [3.05, 3.63) is 198 Å². The Morgan fingerprint density at radius 1 is 0.262 bits per heavy atom. The van der Waals surface area contributed by atoms with Gasteiger partial charge in [-0.15, -0.1) is 0 Å². The molecule has 0 aliphatic heterocycles. The van der Waals surface area contributed by atoms with Crippen LogP contribution in [0.15, 0.2) is 146 Å². The van der Waals surface area contributed by atoms with E-state index >= 15 is 0 Å². The summed E-state index contributed by atoms with van der Waals surface area (Å²) in [6.07, 6.45) is 0. The predicted molar refractivity (Wildman–Crippen MR) is 323 cm³/mol. The van der Waals surface area contributed by atoms with Gasteiger partial charge in [0.1, 0.15) is 58.2 Å². The Bertz CT molecular complexity index is 4480. The minimum atomic E-state index is 0.373. The summed E-state index contributed by atoms with van der Waals surface area (Å²) >= 11 is 0. The highest BCUT2D eigenvalue weighted by molar-refractivity contribution is 6.13. The van der Waals surface area contributed by atoms with Crippen LogP contribution in [0.5, 0.6) is 0 Å². The Kier molecular flexibility index (Phi) is 12.1. The van der Waals surface area contributed by atoms with Crippen LogP contribution in [0.2, 0.25) is 0 Å². The van der Waals surface area contributed by atoms with Crippen LogP contribution in [0.4, 0.5) is 0 Å². The fourth-order valence-corrected chi connectivity index (χ4v) is 11.2. The lowest BCUT2D eigenvalue weighted by Crippen LogP contribution is -2.07. The molecule has 0 radical (unpaired) electrons. The largest absolute Gasteiger partial charge is 0.308 e. The van der Waals surface area contributed by atoms with E-state index in [9.17, 15) is 5.26 Å². The number of rotatable bonds is 9. The smallest absolute Gasteiger partial charge is 0.164 e. The Labute approximate surface area is 480 Å². The first-order valence-electron chi connectivity index (χ1n) is 27.2. The van der Waals surface area contributed by atoms with Crippen LogP contribution in [0.25, 0.3) is 135 Å². The summed E-state index contributed by atoms with van der Waals surface area (Å²) in [5, 5.41) is 15.6. The summed E-state index contributed by atoms with van der Waals surface area (Å²) < 4.78 is 4.30. The first-order valence-corrected chi connectivity index (χ1v) is 27.2. The maximum Gasteiger partial charge on any atom is 0.164 e. The average molecular weight is 1090 g/mol. The number of nitrogens with zero attached hydrogens (tertiary/aromatic N) is 18. The van der Waals surface area contributed by atoms with E-state index in [0.29, 0.717) is 110 Å². The SMILES string of the molecule is Cc1nc(C)nc(-c2ccc3c(c2)c2cc(-c4nc(C)nc(C)n4)ccc2n3-c2cc(-c3nc(-c4ccccc4)nc(-c4ccccc4)n3)cc(-n3c4ccc(-c5nc(C)nc(C)n5)cc4c4cc(-c5nc(C)nc(C)n5)ccc43)c2C#N)n1. The summed E-state index contributed by atoms with van der Waals surface area (Å²) in [6.45, 7) is 14.9. The van der Waals surface area contributed by atoms with Gasteiger partial charge < -0.3 is 9.13 Å². The van der Waals surface area contributed by atoms with E-state index in [4.69, 9.17) is 54.8 Å². The zero-order valence-corrected chi connectivity index (χ0v) is 46.9. The molecule has 402 valence electrons. The molecule has 18 nitrogen and oxygen atoms in total. The molecule has 0 atom stereocenters. The number of hydrogen-bond acceptors (Lipinski definition) is 16. The lowest BCUT2D eigenvalue weighted by molar-refractivity contribution is 0.928. The third-order valence-electron chi connectivity index (χ3n) is 14.6. The quantitative estimate of drug-likeness (QED) is 0.131. The predicted octanol–water partition coefficient (Wildman–Crippen LogP) is 12.8. The van der Waals surface area contributed by atoms with Gasteiger partial charge >= 0.3 is 0 Å². The van der Waals surface area contributed by atoms with E-state index in [0.717, 1.165) is 77.0 Å². The summed E-state index contributed by atoms with van der Waals surface area (Å²) in [5.41, 5.74) is 10.2. The first-order chi connectivity index (χ1) is 40.8. The molecule has 18 heteroatoms. The Morgan fingerprint density at radius 2 is 0.512 bits per heavy atom. The fraction of sp³-hybridized carbons (Fsp3) is 0.121. The van der Waals surface area contributed by atoms with Gasteiger partial charge in [0.15, 0.2) is 40.8 Å². The van der Waals surface area contributed by atoms with E-state index in [1.807, 2.05) is 152 Å². The topological polar surface area (TPSA) is 227 Å². The number of nitriles is 1. The molecule has 7 heterocycles. The van der Waals surface area contributed by atoms with Crippen molar-refractivity contribution in [1.82, 2.24) is 83.9 Å². The molecular formula is C66H48N18. The van der Waals surface area contributed by atoms with E-state index in [2.05, 4.69) is 83.7 Å². The number of hydrogen-bond donors (Lipinski definition) is 0. The lowest BCUT2D eigenvalue weighted by Gasteiger charge is -2.18. The average Bonchev–Trinajstić information content (AvgIpc) is 2.06. The Morgan fingerprint density at radius 3 is 0.774 bits per heavy atom. The molecule has 84 heavy (non-hydrogen) atoms. The third-order valence-corrected chi connectivity index (χ3v) is 14.6. The van der Waals surface area contributed by atoms with E-state index in [1.165, 1.54) is 0 Å². The molecule has 7 aromatic carbocycles. The fourth-order valence-electron chi connectivity index (χ4n) is 11.2. The Hall–Kier alpha value is -11.3. The molecule has 0 fully saturated rings. The molecule has 0 saturated heterocycles. The molecule has 0 saturated carbocycles. The number of aryl methyl sites for hydroxylation is 8. The van der Waals surface area contributed by atoms with Crippen LogP contribution >= 0.6 is 0 Å². The number of fused-ring (bicyclic) bond motifs is 6. The third kappa shape index (κ3) is 9.05. The zero-order valence-electron chi connectivity index (χ0n) is 46.9. The minimum Gasteiger partial charge on any atom is -0.308 e. The van der Waals surface area contributed by atoms with Gasteiger partial charge in [0.25, 0.3) is 0 Å². The summed E-state index contributed by atoms with van der Waals surface area (Å²) in [4.78, 5) is 71.8. The van der Waals surface area contributed by atoms with Gasteiger partial charge in [-0.05, 0) is 140 Å². The first kappa shape index (κ1) is 50.9. The normalized spacial score (nSPS) is 11.6. The van der Waals surface area contributed by atoms with Gasteiger partial charge in [-0.3, -0.25) is 0 Å². The summed E-state index contributed by atoms with van der Waals surface area (Å²) in [7, 11) is 0. The van der Waals surface area contributed by atoms with Crippen LogP contribution in [-0.4, -0.2) is 83.9 Å². The molecule has 0 aliphatic rings. The second kappa shape index (κ2) is 20.0. The molecule has 14 aromatic rings. The highest BCUT2D eigenvalue weighted by Gasteiger charge is 2.26. The highest BCUT2D eigenvalue weighted by atomic mass is 15.1. The van der Waals surface area contributed by atoms with E-state index in [-0.39, 0.29) is 0 Å². The van der Waals surface area contributed by atoms with Crippen molar-refractivity contribution < 1.29 is 0 Å². The van der Waals surface area contributed by atoms with Gasteiger partial charge in [0.05, 0.1) is 33.4 Å².